The summed E-state index contributed by atoms with van der Waals surface area (Å²) in [5.74, 6) is 0.347. The number of thiazole rings is 1. The van der Waals surface area contributed by atoms with Crippen molar-refractivity contribution in [3.63, 3.8) is 0 Å². The standard InChI is InChI=1S/C14H20N2O2S/c1-10-9-19-14(15-10)18-12-6-4-11(5-7-12)16-8-2-3-13(16)17/h9,11-12H,2-8H2,1H3. The highest BCUT2D eigenvalue weighted by atomic mass is 32.1. The van der Waals surface area contributed by atoms with Gasteiger partial charge in [-0.2, -0.15) is 0 Å². The molecule has 3 rings (SSSR count). The molecule has 1 saturated heterocycles. The molecule has 104 valence electrons. The van der Waals surface area contributed by atoms with Crippen LogP contribution in [0, 0.1) is 6.92 Å². The zero-order chi connectivity index (χ0) is 13.2. The molecule has 1 aromatic heterocycles. The predicted octanol–water partition coefficient (Wildman–Crippen LogP) is 2.76. The van der Waals surface area contributed by atoms with Gasteiger partial charge in [0.15, 0.2) is 0 Å². The number of likely N-dealkylation sites (tertiary alicyclic amines) is 1. The van der Waals surface area contributed by atoms with Crippen molar-refractivity contribution in [3.8, 4) is 5.19 Å². The van der Waals surface area contributed by atoms with E-state index in [1.165, 1.54) is 0 Å². The van der Waals surface area contributed by atoms with Gasteiger partial charge >= 0.3 is 0 Å². The fourth-order valence-electron chi connectivity index (χ4n) is 3.06. The third-order valence-corrected chi connectivity index (χ3v) is 4.91. The van der Waals surface area contributed by atoms with E-state index >= 15 is 0 Å². The van der Waals surface area contributed by atoms with Gasteiger partial charge in [0.05, 0.1) is 5.69 Å². The Morgan fingerprint density at radius 2 is 2.16 bits per heavy atom. The number of amides is 1. The first kappa shape index (κ1) is 12.9. The number of aromatic nitrogens is 1. The van der Waals surface area contributed by atoms with Crippen LogP contribution in [0.2, 0.25) is 0 Å². The summed E-state index contributed by atoms with van der Waals surface area (Å²) >= 11 is 1.57. The SMILES string of the molecule is Cc1csc(OC2CCC(N3CCCC3=O)CC2)n1. The first-order chi connectivity index (χ1) is 9.22. The van der Waals surface area contributed by atoms with Crippen molar-refractivity contribution in [1.82, 2.24) is 9.88 Å². The van der Waals surface area contributed by atoms with Crippen LogP contribution in [0.1, 0.15) is 44.2 Å². The lowest BCUT2D eigenvalue weighted by Crippen LogP contribution is -2.40. The minimum Gasteiger partial charge on any atom is -0.467 e. The second kappa shape index (κ2) is 5.49. The molecule has 1 aliphatic carbocycles. The van der Waals surface area contributed by atoms with Crippen LogP contribution < -0.4 is 4.74 Å². The lowest BCUT2D eigenvalue weighted by Gasteiger charge is -2.34. The van der Waals surface area contributed by atoms with Gasteiger partial charge in [0.25, 0.3) is 5.19 Å². The number of hydrogen-bond acceptors (Lipinski definition) is 4. The molecule has 1 amide bonds. The summed E-state index contributed by atoms with van der Waals surface area (Å²) in [5, 5.41) is 2.81. The van der Waals surface area contributed by atoms with Crippen LogP contribution in [0.25, 0.3) is 0 Å². The molecule has 0 bridgehead atoms. The highest BCUT2D eigenvalue weighted by molar-refractivity contribution is 7.11. The summed E-state index contributed by atoms with van der Waals surface area (Å²) in [6, 6.07) is 0.452. The molecule has 1 saturated carbocycles. The van der Waals surface area contributed by atoms with E-state index in [-0.39, 0.29) is 6.10 Å². The first-order valence-electron chi connectivity index (χ1n) is 7.10. The van der Waals surface area contributed by atoms with Gasteiger partial charge in [-0.15, -0.1) is 0 Å². The normalized spacial score (nSPS) is 27.8. The van der Waals surface area contributed by atoms with E-state index in [0.29, 0.717) is 11.9 Å². The van der Waals surface area contributed by atoms with Gasteiger partial charge < -0.3 is 9.64 Å². The highest BCUT2D eigenvalue weighted by Crippen LogP contribution is 2.30. The summed E-state index contributed by atoms with van der Waals surface area (Å²) in [5.41, 5.74) is 1.02. The molecule has 2 aliphatic rings. The Labute approximate surface area is 117 Å². The third-order valence-electron chi connectivity index (χ3n) is 4.06. The van der Waals surface area contributed by atoms with Crippen molar-refractivity contribution in [2.24, 2.45) is 0 Å². The Hall–Kier alpha value is -1.10. The quantitative estimate of drug-likeness (QED) is 0.855. The number of nitrogens with zero attached hydrogens (tertiary/aromatic N) is 2. The second-order valence-electron chi connectivity index (χ2n) is 5.49. The van der Waals surface area contributed by atoms with E-state index in [1.54, 1.807) is 11.3 Å². The van der Waals surface area contributed by atoms with Crippen LogP contribution in [-0.2, 0) is 4.79 Å². The maximum atomic E-state index is 11.7. The van der Waals surface area contributed by atoms with E-state index in [1.807, 2.05) is 12.3 Å². The van der Waals surface area contributed by atoms with Crippen LogP contribution in [0.15, 0.2) is 5.38 Å². The average Bonchev–Trinajstić information content (AvgIpc) is 3.00. The van der Waals surface area contributed by atoms with Gasteiger partial charge in [-0.1, -0.05) is 11.3 Å². The molecular weight excluding hydrogens is 260 g/mol. The molecule has 1 aromatic rings. The topological polar surface area (TPSA) is 42.4 Å². The molecule has 0 unspecified atom stereocenters. The van der Waals surface area contributed by atoms with Crippen molar-refractivity contribution in [2.45, 2.75) is 57.6 Å². The second-order valence-corrected chi connectivity index (χ2v) is 6.31. The van der Waals surface area contributed by atoms with E-state index in [4.69, 9.17) is 4.74 Å². The Kier molecular flexibility index (Phi) is 3.73. The molecule has 0 aromatic carbocycles. The van der Waals surface area contributed by atoms with E-state index in [2.05, 4.69) is 9.88 Å². The fraction of sp³-hybridized carbons (Fsp3) is 0.714. The average molecular weight is 280 g/mol. The van der Waals surface area contributed by atoms with Gasteiger partial charge in [0.1, 0.15) is 6.10 Å². The van der Waals surface area contributed by atoms with Crippen molar-refractivity contribution >= 4 is 17.2 Å². The van der Waals surface area contributed by atoms with Crippen LogP contribution in [0.5, 0.6) is 5.19 Å². The minimum atomic E-state index is 0.277. The number of hydrogen-bond donors (Lipinski definition) is 0. The molecule has 5 heteroatoms. The van der Waals surface area contributed by atoms with Gasteiger partial charge in [-0.3, -0.25) is 4.79 Å². The van der Waals surface area contributed by atoms with Crippen molar-refractivity contribution in [1.29, 1.82) is 0 Å². The van der Waals surface area contributed by atoms with E-state index in [9.17, 15) is 4.79 Å². The molecule has 0 N–H and O–H groups in total. The maximum absolute atomic E-state index is 11.7. The van der Waals surface area contributed by atoms with Gasteiger partial charge in [-0.05, 0) is 39.0 Å². The van der Waals surface area contributed by atoms with Crippen molar-refractivity contribution in [3.05, 3.63) is 11.1 Å². The largest absolute Gasteiger partial charge is 0.467 e. The smallest absolute Gasteiger partial charge is 0.273 e. The van der Waals surface area contributed by atoms with Gasteiger partial charge in [0.2, 0.25) is 5.91 Å². The molecule has 0 atom stereocenters. The maximum Gasteiger partial charge on any atom is 0.273 e. The van der Waals surface area contributed by atoms with Crippen LogP contribution in [-0.4, -0.2) is 34.5 Å². The molecule has 0 spiro atoms. The van der Waals surface area contributed by atoms with Crippen molar-refractivity contribution < 1.29 is 9.53 Å². The monoisotopic (exact) mass is 280 g/mol. The number of rotatable bonds is 3. The lowest BCUT2D eigenvalue weighted by atomic mass is 9.92. The summed E-state index contributed by atoms with van der Waals surface area (Å²) in [7, 11) is 0. The first-order valence-corrected chi connectivity index (χ1v) is 7.98. The Morgan fingerprint density at radius 1 is 1.37 bits per heavy atom. The fourth-order valence-corrected chi connectivity index (χ4v) is 3.77. The van der Waals surface area contributed by atoms with E-state index < -0.39 is 0 Å². The molecular formula is C14H20N2O2S. The molecule has 19 heavy (non-hydrogen) atoms. The van der Waals surface area contributed by atoms with Crippen LogP contribution in [0.4, 0.5) is 0 Å². The molecule has 2 fully saturated rings. The summed E-state index contributed by atoms with van der Waals surface area (Å²) in [6.45, 7) is 2.94. The number of carbonyl (C=O) groups is 1. The van der Waals surface area contributed by atoms with Crippen LogP contribution >= 0.6 is 11.3 Å². The van der Waals surface area contributed by atoms with Gasteiger partial charge in [0, 0.05) is 24.4 Å². The third kappa shape index (κ3) is 2.91. The summed E-state index contributed by atoms with van der Waals surface area (Å²) in [6.07, 6.45) is 6.27. The highest BCUT2D eigenvalue weighted by Gasteiger charge is 2.32. The Morgan fingerprint density at radius 3 is 2.74 bits per heavy atom. The lowest BCUT2D eigenvalue weighted by molar-refractivity contribution is -0.130. The zero-order valence-electron chi connectivity index (χ0n) is 11.3. The predicted molar refractivity (Wildman–Crippen MR) is 74.5 cm³/mol. The number of ether oxygens (including phenoxy) is 1. The van der Waals surface area contributed by atoms with Gasteiger partial charge in [-0.25, -0.2) is 4.98 Å². The molecule has 2 heterocycles. The Balaban J connectivity index is 1.50. The number of aryl methyl sites for hydroxylation is 1. The molecule has 0 radical (unpaired) electrons. The summed E-state index contributed by atoms with van der Waals surface area (Å²) in [4.78, 5) is 18.2. The zero-order valence-corrected chi connectivity index (χ0v) is 12.1. The van der Waals surface area contributed by atoms with Crippen molar-refractivity contribution in [2.75, 3.05) is 6.54 Å². The van der Waals surface area contributed by atoms with E-state index in [0.717, 1.165) is 56.0 Å². The summed E-state index contributed by atoms with van der Waals surface area (Å²) < 4.78 is 5.92. The molecule has 4 nitrogen and oxygen atoms in total. The molecule has 1 aliphatic heterocycles. The van der Waals surface area contributed by atoms with Crippen LogP contribution in [0.3, 0.4) is 0 Å². The Bertz CT molecular complexity index is 452. The minimum absolute atomic E-state index is 0.277. The number of carbonyl (C=O) groups excluding carboxylic acids is 1.